The highest BCUT2D eigenvalue weighted by atomic mass is 16.2. The number of hydrogen-bond acceptors (Lipinski definition) is 2. The molecule has 22 heavy (non-hydrogen) atoms. The summed E-state index contributed by atoms with van der Waals surface area (Å²) in [6.07, 6.45) is 5.26. The summed E-state index contributed by atoms with van der Waals surface area (Å²) in [4.78, 5) is 14.7. The molecule has 120 valence electrons. The van der Waals surface area contributed by atoms with Crippen LogP contribution in [0.15, 0.2) is 30.3 Å². The molecular weight excluding hydrogens is 272 g/mol. The van der Waals surface area contributed by atoms with Gasteiger partial charge < -0.3 is 10.2 Å². The maximum absolute atomic E-state index is 12.5. The van der Waals surface area contributed by atoms with E-state index in [0.29, 0.717) is 23.8 Å². The Morgan fingerprint density at radius 3 is 2.82 bits per heavy atom. The molecule has 3 unspecified atom stereocenters. The lowest BCUT2D eigenvalue weighted by molar-refractivity contribution is -0.132. The van der Waals surface area contributed by atoms with E-state index in [1.807, 2.05) is 0 Å². The molecule has 2 aliphatic rings. The van der Waals surface area contributed by atoms with E-state index in [1.54, 1.807) is 0 Å². The van der Waals surface area contributed by atoms with Crippen molar-refractivity contribution in [1.29, 1.82) is 0 Å². The van der Waals surface area contributed by atoms with E-state index in [9.17, 15) is 4.79 Å². The van der Waals surface area contributed by atoms with Crippen molar-refractivity contribution < 1.29 is 4.79 Å². The van der Waals surface area contributed by atoms with E-state index >= 15 is 0 Å². The van der Waals surface area contributed by atoms with Crippen LogP contribution in [-0.2, 0) is 11.2 Å². The standard InChI is InChI=1S/C19H28N2O/c1-15-18(13-16-5-3-2-4-6-16)10-12-21(15)19(22)8-7-17-9-11-20-14-17/h2-6,15,17-18,20H,7-14H2,1H3. The third-order valence-corrected chi connectivity index (χ3v) is 5.50. The van der Waals surface area contributed by atoms with Crippen LogP contribution >= 0.6 is 0 Å². The highest BCUT2D eigenvalue weighted by molar-refractivity contribution is 5.76. The zero-order valence-electron chi connectivity index (χ0n) is 13.6. The molecule has 3 rings (SSSR count). The van der Waals surface area contributed by atoms with Gasteiger partial charge in [0, 0.05) is 19.0 Å². The van der Waals surface area contributed by atoms with Gasteiger partial charge in [-0.3, -0.25) is 4.79 Å². The number of rotatable bonds is 5. The van der Waals surface area contributed by atoms with E-state index in [2.05, 4.69) is 47.5 Å². The second-order valence-electron chi connectivity index (χ2n) is 6.96. The van der Waals surface area contributed by atoms with Crippen molar-refractivity contribution in [3.05, 3.63) is 35.9 Å². The van der Waals surface area contributed by atoms with Crippen LogP contribution in [0.1, 0.15) is 38.2 Å². The number of carbonyl (C=O) groups is 1. The second-order valence-corrected chi connectivity index (χ2v) is 6.96. The Labute approximate surface area is 134 Å². The molecule has 2 heterocycles. The van der Waals surface area contributed by atoms with Gasteiger partial charge >= 0.3 is 0 Å². The topological polar surface area (TPSA) is 32.3 Å². The number of hydrogen-bond donors (Lipinski definition) is 1. The van der Waals surface area contributed by atoms with Gasteiger partial charge in [0.15, 0.2) is 0 Å². The molecule has 1 N–H and O–H groups in total. The summed E-state index contributed by atoms with van der Waals surface area (Å²) in [5.41, 5.74) is 1.39. The van der Waals surface area contributed by atoms with Gasteiger partial charge in [0.1, 0.15) is 0 Å². The van der Waals surface area contributed by atoms with Crippen molar-refractivity contribution >= 4 is 5.91 Å². The molecule has 0 bridgehead atoms. The monoisotopic (exact) mass is 300 g/mol. The van der Waals surface area contributed by atoms with Crippen LogP contribution in [0.25, 0.3) is 0 Å². The normalized spacial score (nSPS) is 28.2. The molecule has 3 heteroatoms. The summed E-state index contributed by atoms with van der Waals surface area (Å²) < 4.78 is 0. The first-order valence-electron chi connectivity index (χ1n) is 8.78. The SMILES string of the molecule is CC1C(Cc2ccccc2)CCN1C(=O)CCC1CCNC1. The van der Waals surface area contributed by atoms with Gasteiger partial charge in [-0.1, -0.05) is 30.3 Å². The average molecular weight is 300 g/mol. The minimum atomic E-state index is 0.370. The molecule has 3 nitrogen and oxygen atoms in total. The summed E-state index contributed by atoms with van der Waals surface area (Å²) >= 11 is 0. The summed E-state index contributed by atoms with van der Waals surface area (Å²) in [6.45, 7) is 5.40. The fraction of sp³-hybridized carbons (Fsp3) is 0.632. The Kier molecular flexibility index (Phi) is 5.14. The van der Waals surface area contributed by atoms with Gasteiger partial charge in [0.25, 0.3) is 0 Å². The van der Waals surface area contributed by atoms with E-state index in [1.165, 1.54) is 12.0 Å². The summed E-state index contributed by atoms with van der Waals surface area (Å²) in [6, 6.07) is 11.1. The first-order chi connectivity index (χ1) is 10.7. The largest absolute Gasteiger partial charge is 0.340 e. The molecule has 2 saturated heterocycles. The minimum absolute atomic E-state index is 0.370. The van der Waals surface area contributed by atoms with Gasteiger partial charge in [-0.05, 0) is 63.1 Å². The van der Waals surface area contributed by atoms with Crippen LogP contribution in [-0.4, -0.2) is 36.5 Å². The number of likely N-dealkylation sites (tertiary alicyclic amines) is 1. The van der Waals surface area contributed by atoms with Crippen molar-refractivity contribution in [3.63, 3.8) is 0 Å². The lowest BCUT2D eigenvalue weighted by Gasteiger charge is -2.25. The van der Waals surface area contributed by atoms with Gasteiger partial charge in [0.05, 0.1) is 0 Å². The maximum Gasteiger partial charge on any atom is 0.222 e. The molecule has 2 fully saturated rings. The molecule has 0 aromatic heterocycles. The third kappa shape index (κ3) is 3.70. The van der Waals surface area contributed by atoms with Crippen LogP contribution in [0, 0.1) is 11.8 Å². The Morgan fingerprint density at radius 1 is 1.27 bits per heavy atom. The number of nitrogens with one attached hydrogen (secondary N) is 1. The zero-order valence-corrected chi connectivity index (χ0v) is 13.6. The van der Waals surface area contributed by atoms with Gasteiger partial charge in [0.2, 0.25) is 5.91 Å². The fourth-order valence-electron chi connectivity index (χ4n) is 3.98. The second kappa shape index (κ2) is 7.28. The lowest BCUT2D eigenvalue weighted by Crippen LogP contribution is -2.36. The van der Waals surface area contributed by atoms with Gasteiger partial charge in [-0.25, -0.2) is 0 Å². The Bertz CT molecular complexity index is 481. The summed E-state index contributed by atoms with van der Waals surface area (Å²) in [5, 5.41) is 3.38. The molecular formula is C19H28N2O. The smallest absolute Gasteiger partial charge is 0.222 e. The summed E-state index contributed by atoms with van der Waals surface area (Å²) in [7, 11) is 0. The van der Waals surface area contributed by atoms with Crippen molar-refractivity contribution in [2.24, 2.45) is 11.8 Å². The molecule has 1 amide bonds. The quantitative estimate of drug-likeness (QED) is 0.907. The molecule has 0 spiro atoms. The van der Waals surface area contributed by atoms with Crippen molar-refractivity contribution in [1.82, 2.24) is 10.2 Å². The molecule has 0 saturated carbocycles. The number of amides is 1. The minimum Gasteiger partial charge on any atom is -0.340 e. The van der Waals surface area contributed by atoms with E-state index < -0.39 is 0 Å². The highest BCUT2D eigenvalue weighted by Gasteiger charge is 2.33. The lowest BCUT2D eigenvalue weighted by atomic mass is 9.93. The number of carbonyl (C=O) groups excluding carboxylic acids is 1. The van der Waals surface area contributed by atoms with Crippen molar-refractivity contribution in [2.45, 2.75) is 45.1 Å². The van der Waals surface area contributed by atoms with Gasteiger partial charge in [-0.15, -0.1) is 0 Å². The molecule has 1 aromatic carbocycles. The summed E-state index contributed by atoms with van der Waals surface area (Å²) in [5.74, 6) is 1.69. The molecule has 1 aromatic rings. The van der Waals surface area contributed by atoms with Crippen LogP contribution in [0.4, 0.5) is 0 Å². The van der Waals surface area contributed by atoms with Crippen LogP contribution < -0.4 is 5.32 Å². The molecule has 3 atom stereocenters. The number of benzene rings is 1. The van der Waals surface area contributed by atoms with E-state index in [4.69, 9.17) is 0 Å². The predicted molar refractivity (Wildman–Crippen MR) is 89.6 cm³/mol. The van der Waals surface area contributed by atoms with Crippen molar-refractivity contribution in [2.75, 3.05) is 19.6 Å². The first-order valence-corrected chi connectivity index (χ1v) is 8.78. The van der Waals surface area contributed by atoms with Crippen LogP contribution in [0.3, 0.4) is 0 Å². The van der Waals surface area contributed by atoms with Crippen LogP contribution in [0.2, 0.25) is 0 Å². The third-order valence-electron chi connectivity index (χ3n) is 5.50. The van der Waals surface area contributed by atoms with E-state index in [0.717, 1.165) is 45.3 Å². The molecule has 0 radical (unpaired) electrons. The Hall–Kier alpha value is -1.35. The molecule has 0 aliphatic carbocycles. The average Bonchev–Trinajstić information content (AvgIpc) is 3.17. The fourth-order valence-corrected chi connectivity index (χ4v) is 3.98. The van der Waals surface area contributed by atoms with Crippen LogP contribution in [0.5, 0.6) is 0 Å². The van der Waals surface area contributed by atoms with Gasteiger partial charge in [-0.2, -0.15) is 0 Å². The predicted octanol–water partition coefficient (Wildman–Crippen LogP) is 2.86. The van der Waals surface area contributed by atoms with E-state index in [-0.39, 0.29) is 0 Å². The first kappa shape index (κ1) is 15.5. The highest BCUT2D eigenvalue weighted by Crippen LogP contribution is 2.28. The molecule has 2 aliphatic heterocycles. The van der Waals surface area contributed by atoms with Crippen molar-refractivity contribution in [3.8, 4) is 0 Å². The Balaban J connectivity index is 1.49. The number of nitrogens with zero attached hydrogens (tertiary/aromatic N) is 1. The Morgan fingerprint density at radius 2 is 2.09 bits per heavy atom. The zero-order chi connectivity index (χ0) is 15.4. The maximum atomic E-state index is 12.5.